The molecule has 0 aromatic heterocycles. The predicted octanol–water partition coefficient (Wildman–Crippen LogP) is 2.65. The van der Waals surface area contributed by atoms with Crippen molar-refractivity contribution in [3.63, 3.8) is 0 Å². The van der Waals surface area contributed by atoms with E-state index in [4.69, 9.17) is 0 Å². The minimum atomic E-state index is -5.39. The van der Waals surface area contributed by atoms with Crippen molar-refractivity contribution in [2.45, 2.75) is 29.4 Å². The molecule has 360 valence electrons. The predicted molar refractivity (Wildman–Crippen MR) is 230 cm³/mol. The van der Waals surface area contributed by atoms with E-state index in [0.29, 0.717) is 60.7 Å². The first-order valence-corrected chi connectivity index (χ1v) is 26.1. The summed E-state index contributed by atoms with van der Waals surface area (Å²) in [6.07, 6.45) is 0. The van der Waals surface area contributed by atoms with E-state index in [2.05, 4.69) is 10.6 Å². The van der Waals surface area contributed by atoms with Crippen LogP contribution in [0.5, 0.6) is 11.5 Å². The molecular weight excluding hydrogens is 1040 g/mol. The van der Waals surface area contributed by atoms with Gasteiger partial charge in [-0.05, 0) is 83.6 Å². The molecule has 0 saturated heterocycles. The van der Waals surface area contributed by atoms with Crippen LogP contribution in [0.4, 0.5) is 27.5 Å². The number of carbonyl (C=O) groups is 3. The standard InChI is InChI=1S/C35H26N4O23S6/c40-27-13-21(65(51,52)53)7-17-5-19(63(45,46)47)11-25(31(17)27)36-23-3-1-15(9-29(23)67(57,58)59)33(42)38-35(44)39-34(43)16-2-4-24(30(10-16)68(60,61)62)37-26-12-20(64(48,49)50)6-18-8-22(66(54,55)56)14-28(41)32(18)26/h1-14,36-37,40-41H,(H,45,46,47)(H,48,49,50)(H,51,52,53)(H,54,55,56)(H,57,58,59)(H,60,61,62)(H2,38,39,42,43,44). The highest BCUT2D eigenvalue weighted by atomic mass is 32.2. The van der Waals surface area contributed by atoms with Gasteiger partial charge in [-0.1, -0.05) is 0 Å². The molecule has 0 aliphatic heterocycles. The van der Waals surface area contributed by atoms with E-state index in [0.717, 1.165) is 24.3 Å². The van der Waals surface area contributed by atoms with Gasteiger partial charge in [0, 0.05) is 34.0 Å². The third kappa shape index (κ3) is 10.9. The Morgan fingerprint density at radius 3 is 0.941 bits per heavy atom. The SMILES string of the molecule is O=C(NC(=O)c1ccc(Nc2cc(S(=O)(=O)O)cc3cc(S(=O)(=O)O)cc(O)c23)c(S(=O)(=O)O)c1)NC(=O)c1ccc(Nc2cc(S(=O)(=O)O)cc3cc(S(=O)(=O)O)cc(O)c23)c(S(=O)(=O)O)c1. The molecule has 0 aliphatic carbocycles. The van der Waals surface area contributed by atoms with Crippen LogP contribution >= 0.6 is 0 Å². The molecule has 0 heterocycles. The first kappa shape index (κ1) is 50.5. The summed E-state index contributed by atoms with van der Waals surface area (Å²) in [5.74, 6) is -4.84. The lowest BCUT2D eigenvalue weighted by molar-refractivity contribution is 0.0944. The molecule has 0 unspecified atom stereocenters. The van der Waals surface area contributed by atoms with Gasteiger partial charge in [-0.2, -0.15) is 50.5 Å². The molecule has 6 aromatic rings. The number of hydrogen-bond acceptors (Lipinski definition) is 19. The minimum absolute atomic E-state index is 0.428. The third-order valence-electron chi connectivity index (χ3n) is 9.18. The van der Waals surface area contributed by atoms with E-state index in [1.807, 2.05) is 0 Å². The fourth-order valence-electron chi connectivity index (χ4n) is 6.30. The Kier molecular flexibility index (Phi) is 12.9. The van der Waals surface area contributed by atoms with E-state index in [1.54, 1.807) is 10.6 Å². The largest absolute Gasteiger partial charge is 0.507 e. The number of phenols is 2. The number of aromatic hydroxyl groups is 2. The molecule has 6 aromatic carbocycles. The second kappa shape index (κ2) is 17.3. The molecule has 12 N–H and O–H groups in total. The Morgan fingerprint density at radius 1 is 0.368 bits per heavy atom. The second-order valence-corrected chi connectivity index (χ2v) is 22.2. The third-order valence-corrected chi connectivity index (χ3v) is 14.3. The van der Waals surface area contributed by atoms with Gasteiger partial charge in [-0.25, -0.2) is 4.79 Å². The molecule has 4 amide bonds. The Labute approximate surface area is 381 Å². The molecule has 0 atom stereocenters. The zero-order valence-corrected chi connectivity index (χ0v) is 37.6. The summed E-state index contributed by atoms with van der Waals surface area (Å²) in [7, 11) is -31.0. The number of carbonyl (C=O) groups excluding carboxylic acids is 3. The molecule has 0 radical (unpaired) electrons. The molecule has 0 saturated carbocycles. The van der Waals surface area contributed by atoms with Crippen molar-refractivity contribution in [3.8, 4) is 11.5 Å². The highest BCUT2D eigenvalue weighted by molar-refractivity contribution is 7.87. The monoisotopic (exact) mass is 1060 g/mol. The lowest BCUT2D eigenvalue weighted by Gasteiger charge is -2.16. The summed E-state index contributed by atoms with van der Waals surface area (Å²) < 4.78 is 203. The van der Waals surface area contributed by atoms with E-state index in [-0.39, 0.29) is 0 Å². The number of hydrogen-bond donors (Lipinski definition) is 12. The van der Waals surface area contributed by atoms with Crippen LogP contribution in [0.3, 0.4) is 0 Å². The Morgan fingerprint density at radius 2 is 0.662 bits per heavy atom. The van der Waals surface area contributed by atoms with Crippen molar-refractivity contribution in [1.29, 1.82) is 0 Å². The number of anilines is 4. The van der Waals surface area contributed by atoms with Crippen LogP contribution in [0, 0.1) is 0 Å². The first-order chi connectivity index (χ1) is 31.0. The zero-order chi connectivity index (χ0) is 50.9. The van der Waals surface area contributed by atoms with Crippen molar-refractivity contribution in [3.05, 3.63) is 96.1 Å². The second-order valence-electron chi connectivity index (χ2n) is 13.8. The number of phenolic OH excluding ortho intramolecular Hbond substituents is 2. The number of amides is 4. The maximum atomic E-state index is 13.1. The topological polar surface area (TPSA) is 466 Å². The molecule has 6 rings (SSSR count). The number of imide groups is 2. The Hall–Kier alpha value is -6.89. The lowest BCUT2D eigenvalue weighted by Crippen LogP contribution is -2.42. The van der Waals surface area contributed by atoms with Gasteiger partial charge in [-0.15, -0.1) is 0 Å². The van der Waals surface area contributed by atoms with E-state index >= 15 is 0 Å². The summed E-state index contributed by atoms with van der Waals surface area (Å²) in [5.41, 5.74) is -3.95. The van der Waals surface area contributed by atoms with Crippen molar-refractivity contribution >= 4 is 123 Å². The van der Waals surface area contributed by atoms with Crippen molar-refractivity contribution in [1.82, 2.24) is 10.6 Å². The van der Waals surface area contributed by atoms with Gasteiger partial charge < -0.3 is 20.8 Å². The van der Waals surface area contributed by atoms with E-state index in [1.165, 1.54) is 0 Å². The summed E-state index contributed by atoms with van der Waals surface area (Å²) in [4.78, 5) is 32.8. The molecule has 33 heteroatoms. The van der Waals surface area contributed by atoms with E-state index < -0.39 is 175 Å². The average molecular weight is 1060 g/mol. The van der Waals surface area contributed by atoms with Gasteiger partial charge in [0.1, 0.15) is 21.3 Å². The number of fused-ring (bicyclic) bond motifs is 2. The smallest absolute Gasteiger partial charge is 0.328 e. The summed E-state index contributed by atoms with van der Waals surface area (Å²) in [6.45, 7) is 0. The van der Waals surface area contributed by atoms with Crippen molar-refractivity contribution in [2.75, 3.05) is 10.6 Å². The van der Waals surface area contributed by atoms with Crippen LogP contribution in [-0.4, -0.2) is 106 Å². The molecule has 0 fully saturated rings. The van der Waals surface area contributed by atoms with Crippen LogP contribution in [0.1, 0.15) is 20.7 Å². The number of urea groups is 1. The molecule has 0 aliphatic rings. The lowest BCUT2D eigenvalue weighted by atomic mass is 10.1. The van der Waals surface area contributed by atoms with E-state index in [9.17, 15) is 102 Å². The summed E-state index contributed by atoms with van der Waals surface area (Å²) >= 11 is 0. The molecular formula is C35H26N4O23S6. The molecule has 0 spiro atoms. The van der Waals surface area contributed by atoms with Gasteiger partial charge in [0.15, 0.2) is 0 Å². The van der Waals surface area contributed by atoms with Gasteiger partial charge in [0.25, 0.3) is 72.5 Å². The number of nitrogens with one attached hydrogen (secondary N) is 4. The maximum Gasteiger partial charge on any atom is 0.328 e. The molecule has 68 heavy (non-hydrogen) atoms. The van der Waals surface area contributed by atoms with Crippen LogP contribution in [0.2, 0.25) is 0 Å². The summed E-state index contributed by atoms with van der Waals surface area (Å²) in [5, 5.41) is 27.5. The fourth-order valence-corrected chi connectivity index (χ4v) is 9.81. The number of rotatable bonds is 12. The van der Waals surface area contributed by atoms with Gasteiger partial charge in [-0.3, -0.25) is 47.5 Å². The highest BCUT2D eigenvalue weighted by Crippen LogP contribution is 2.41. The minimum Gasteiger partial charge on any atom is -0.507 e. The average Bonchev–Trinajstić information content (AvgIpc) is 3.18. The zero-order valence-electron chi connectivity index (χ0n) is 32.7. The normalized spacial score (nSPS) is 12.7. The quantitative estimate of drug-likeness (QED) is 0.0784. The summed E-state index contributed by atoms with van der Waals surface area (Å²) in [6, 6.07) is 7.48. The van der Waals surface area contributed by atoms with Crippen LogP contribution in [0.15, 0.2) is 114 Å². The Balaban J connectivity index is 1.28. The van der Waals surface area contributed by atoms with Crippen molar-refractivity contribution < 1.29 is 102 Å². The van der Waals surface area contributed by atoms with Gasteiger partial charge in [0.05, 0.1) is 42.3 Å². The van der Waals surface area contributed by atoms with Crippen molar-refractivity contribution in [2.24, 2.45) is 0 Å². The maximum absolute atomic E-state index is 13.1. The molecule has 0 bridgehead atoms. The van der Waals surface area contributed by atoms with Gasteiger partial charge >= 0.3 is 6.03 Å². The Bertz CT molecular complexity index is 3670. The van der Waals surface area contributed by atoms with Crippen LogP contribution < -0.4 is 21.3 Å². The molecule has 27 nitrogen and oxygen atoms in total. The number of benzene rings is 6. The van der Waals surface area contributed by atoms with Crippen LogP contribution in [-0.2, 0) is 60.7 Å². The van der Waals surface area contributed by atoms with Gasteiger partial charge in [0.2, 0.25) is 0 Å². The fraction of sp³-hybridized carbons (Fsp3) is 0. The first-order valence-electron chi connectivity index (χ1n) is 17.5. The highest BCUT2D eigenvalue weighted by Gasteiger charge is 2.27. The van der Waals surface area contributed by atoms with Crippen LogP contribution in [0.25, 0.3) is 21.5 Å².